The van der Waals surface area contributed by atoms with Gasteiger partial charge in [0.15, 0.2) is 0 Å². The first kappa shape index (κ1) is 11.7. The van der Waals surface area contributed by atoms with Crippen molar-refractivity contribution >= 4 is 6.03 Å². The molecule has 0 saturated carbocycles. The van der Waals surface area contributed by atoms with Crippen LogP contribution in [0.15, 0.2) is 0 Å². The highest BCUT2D eigenvalue weighted by Gasteiger charge is 2.19. The Morgan fingerprint density at radius 1 is 1.44 bits per heavy atom. The van der Waals surface area contributed by atoms with Crippen LogP contribution in [0.1, 0.15) is 12.8 Å². The molecular formula is C11H21N3O2. The van der Waals surface area contributed by atoms with Gasteiger partial charge in [0.25, 0.3) is 0 Å². The van der Waals surface area contributed by atoms with Crippen molar-refractivity contribution < 1.29 is 9.53 Å². The molecule has 1 unspecified atom stereocenters. The van der Waals surface area contributed by atoms with E-state index in [4.69, 9.17) is 4.74 Å². The smallest absolute Gasteiger partial charge is 0.317 e. The third-order valence-electron chi connectivity index (χ3n) is 3.20. The summed E-state index contributed by atoms with van der Waals surface area (Å²) >= 11 is 0. The van der Waals surface area contributed by atoms with Crippen LogP contribution >= 0.6 is 0 Å². The van der Waals surface area contributed by atoms with Gasteiger partial charge in [-0.1, -0.05) is 0 Å². The van der Waals surface area contributed by atoms with E-state index < -0.39 is 0 Å². The molecule has 0 aromatic rings. The van der Waals surface area contributed by atoms with Gasteiger partial charge in [0, 0.05) is 26.2 Å². The van der Waals surface area contributed by atoms with Gasteiger partial charge in [0.1, 0.15) is 0 Å². The normalized spacial score (nSPS) is 25.9. The van der Waals surface area contributed by atoms with Crippen LogP contribution in [0.25, 0.3) is 0 Å². The number of carbonyl (C=O) groups is 1. The van der Waals surface area contributed by atoms with Crippen LogP contribution in [0, 0.1) is 5.92 Å². The lowest BCUT2D eigenvalue weighted by atomic mass is 10.0. The van der Waals surface area contributed by atoms with Gasteiger partial charge in [-0.15, -0.1) is 0 Å². The number of rotatable bonds is 5. The zero-order valence-corrected chi connectivity index (χ0v) is 9.71. The van der Waals surface area contributed by atoms with Crippen molar-refractivity contribution in [3.8, 4) is 0 Å². The number of carbonyl (C=O) groups excluding carboxylic acids is 1. The first-order valence-corrected chi connectivity index (χ1v) is 6.17. The lowest BCUT2D eigenvalue weighted by Crippen LogP contribution is -2.34. The Morgan fingerprint density at radius 3 is 3.06 bits per heavy atom. The van der Waals surface area contributed by atoms with Gasteiger partial charge < -0.3 is 20.3 Å². The third-order valence-corrected chi connectivity index (χ3v) is 3.20. The minimum Gasteiger partial charge on any atom is -0.379 e. The second-order valence-corrected chi connectivity index (χ2v) is 4.51. The minimum absolute atomic E-state index is 0.0444. The quantitative estimate of drug-likeness (QED) is 0.651. The molecule has 2 aliphatic rings. The summed E-state index contributed by atoms with van der Waals surface area (Å²) in [5, 5.41) is 6.15. The molecule has 2 rings (SSSR count). The number of nitrogens with zero attached hydrogens (tertiary/aromatic N) is 1. The molecule has 0 aliphatic carbocycles. The van der Waals surface area contributed by atoms with Gasteiger partial charge in [-0.25, -0.2) is 4.79 Å². The monoisotopic (exact) mass is 227 g/mol. The van der Waals surface area contributed by atoms with E-state index in [1.54, 1.807) is 4.90 Å². The Balaban J connectivity index is 1.52. The molecule has 0 radical (unpaired) electrons. The van der Waals surface area contributed by atoms with Crippen LogP contribution in [0.2, 0.25) is 0 Å². The first-order chi connectivity index (χ1) is 7.86. The molecule has 0 spiro atoms. The van der Waals surface area contributed by atoms with Crippen LogP contribution in [0.3, 0.4) is 0 Å². The second kappa shape index (κ2) is 6.06. The molecule has 5 heteroatoms. The molecule has 16 heavy (non-hydrogen) atoms. The van der Waals surface area contributed by atoms with Gasteiger partial charge in [-0.2, -0.15) is 0 Å². The highest BCUT2D eigenvalue weighted by atomic mass is 16.5. The summed E-state index contributed by atoms with van der Waals surface area (Å²) in [6.45, 7) is 5.99. The van der Waals surface area contributed by atoms with E-state index in [9.17, 15) is 4.79 Å². The molecule has 1 atom stereocenters. The molecule has 2 heterocycles. The molecule has 0 aromatic heterocycles. The largest absolute Gasteiger partial charge is 0.379 e. The molecular weight excluding hydrogens is 206 g/mol. The maximum atomic E-state index is 11.2. The lowest BCUT2D eigenvalue weighted by Gasteiger charge is -2.23. The number of hydrogen-bond donors (Lipinski definition) is 2. The van der Waals surface area contributed by atoms with Gasteiger partial charge >= 0.3 is 6.03 Å². The maximum Gasteiger partial charge on any atom is 0.317 e. The second-order valence-electron chi connectivity index (χ2n) is 4.51. The van der Waals surface area contributed by atoms with E-state index in [1.807, 2.05) is 0 Å². The van der Waals surface area contributed by atoms with Crippen LogP contribution in [0.5, 0.6) is 0 Å². The van der Waals surface area contributed by atoms with Gasteiger partial charge in [-0.05, 0) is 25.3 Å². The molecule has 0 aromatic carbocycles. The lowest BCUT2D eigenvalue weighted by molar-refractivity contribution is 0.0790. The van der Waals surface area contributed by atoms with Gasteiger partial charge in [0.2, 0.25) is 0 Å². The summed E-state index contributed by atoms with van der Waals surface area (Å²) < 4.78 is 5.62. The summed E-state index contributed by atoms with van der Waals surface area (Å²) in [5.41, 5.74) is 0. The van der Waals surface area contributed by atoms with E-state index in [0.29, 0.717) is 19.1 Å². The number of ether oxygens (including phenoxy) is 1. The molecule has 0 bridgehead atoms. The Labute approximate surface area is 96.5 Å². The van der Waals surface area contributed by atoms with Crippen molar-refractivity contribution in [2.24, 2.45) is 5.92 Å². The maximum absolute atomic E-state index is 11.2. The number of amides is 2. The predicted octanol–water partition coefficient (Wildman–Crippen LogP) is 0.0278. The van der Waals surface area contributed by atoms with Crippen molar-refractivity contribution in [3.63, 3.8) is 0 Å². The van der Waals surface area contributed by atoms with Crippen LogP contribution in [0.4, 0.5) is 4.79 Å². The van der Waals surface area contributed by atoms with E-state index >= 15 is 0 Å². The number of nitrogens with one attached hydrogen (secondary N) is 2. The van der Waals surface area contributed by atoms with E-state index in [1.165, 1.54) is 12.8 Å². The summed E-state index contributed by atoms with van der Waals surface area (Å²) in [7, 11) is 0. The Kier molecular flexibility index (Phi) is 4.42. The van der Waals surface area contributed by atoms with E-state index in [-0.39, 0.29) is 6.03 Å². The topological polar surface area (TPSA) is 53.6 Å². The number of hydrogen-bond acceptors (Lipinski definition) is 3. The standard InChI is InChI=1S/C11H21N3O2/c15-11-13-4-5-14(11)6-7-16-9-10-2-1-3-12-8-10/h10,12H,1-9H2,(H,13,15). The Morgan fingerprint density at radius 2 is 2.38 bits per heavy atom. The Bertz CT molecular complexity index is 229. The molecule has 2 saturated heterocycles. The number of urea groups is 1. The van der Waals surface area contributed by atoms with Gasteiger partial charge in [-0.3, -0.25) is 0 Å². The molecule has 5 nitrogen and oxygen atoms in total. The Hall–Kier alpha value is -0.810. The third kappa shape index (κ3) is 3.35. The zero-order valence-electron chi connectivity index (χ0n) is 9.71. The molecule has 2 amide bonds. The highest BCUT2D eigenvalue weighted by Crippen LogP contribution is 2.09. The highest BCUT2D eigenvalue weighted by molar-refractivity contribution is 5.76. The van der Waals surface area contributed by atoms with Crippen LogP contribution in [-0.2, 0) is 4.74 Å². The average Bonchev–Trinajstić information content (AvgIpc) is 2.72. The summed E-state index contributed by atoms with van der Waals surface area (Å²) in [6, 6.07) is 0.0444. The van der Waals surface area contributed by atoms with Crippen molar-refractivity contribution in [2.45, 2.75) is 12.8 Å². The van der Waals surface area contributed by atoms with Gasteiger partial charge in [0.05, 0.1) is 13.2 Å². The molecule has 2 N–H and O–H groups in total. The zero-order chi connectivity index (χ0) is 11.2. The first-order valence-electron chi connectivity index (χ1n) is 6.17. The average molecular weight is 227 g/mol. The van der Waals surface area contributed by atoms with Crippen molar-refractivity contribution in [1.29, 1.82) is 0 Å². The molecule has 2 aliphatic heterocycles. The van der Waals surface area contributed by atoms with Crippen LogP contribution in [-0.4, -0.2) is 56.9 Å². The van der Waals surface area contributed by atoms with Crippen molar-refractivity contribution in [2.75, 3.05) is 45.9 Å². The summed E-state index contributed by atoms with van der Waals surface area (Å²) in [4.78, 5) is 13.0. The summed E-state index contributed by atoms with van der Waals surface area (Å²) in [5.74, 6) is 0.654. The van der Waals surface area contributed by atoms with E-state index in [2.05, 4.69) is 10.6 Å². The fraction of sp³-hybridized carbons (Fsp3) is 0.909. The number of piperidine rings is 1. The predicted molar refractivity (Wildman–Crippen MR) is 61.4 cm³/mol. The van der Waals surface area contributed by atoms with E-state index in [0.717, 1.165) is 32.8 Å². The summed E-state index contributed by atoms with van der Waals surface area (Å²) in [6.07, 6.45) is 2.51. The SMILES string of the molecule is O=C1NCCN1CCOCC1CCCNC1. The fourth-order valence-corrected chi connectivity index (χ4v) is 2.22. The minimum atomic E-state index is 0.0444. The van der Waals surface area contributed by atoms with Crippen LogP contribution < -0.4 is 10.6 Å². The molecule has 92 valence electrons. The van der Waals surface area contributed by atoms with Crippen molar-refractivity contribution in [3.05, 3.63) is 0 Å². The van der Waals surface area contributed by atoms with Crippen molar-refractivity contribution in [1.82, 2.24) is 15.5 Å². The fourth-order valence-electron chi connectivity index (χ4n) is 2.22. The molecule has 2 fully saturated rings.